The van der Waals surface area contributed by atoms with Gasteiger partial charge in [-0.15, -0.1) is 0 Å². The SMILES string of the molecule is CCOc1ccnc(N2CCN(C(=O)CC3CCCO3)CC2)n1. The first-order chi connectivity index (χ1) is 11.3. The smallest absolute Gasteiger partial charge is 0.228 e. The number of amides is 1. The van der Waals surface area contributed by atoms with E-state index >= 15 is 0 Å². The monoisotopic (exact) mass is 320 g/mol. The Hall–Kier alpha value is -1.89. The number of piperazine rings is 1. The fourth-order valence-corrected chi connectivity index (χ4v) is 3.00. The molecule has 0 aliphatic carbocycles. The number of carbonyl (C=O) groups is 1. The molecule has 23 heavy (non-hydrogen) atoms. The van der Waals surface area contributed by atoms with E-state index in [0.717, 1.165) is 32.5 Å². The van der Waals surface area contributed by atoms with E-state index in [1.807, 2.05) is 11.8 Å². The average molecular weight is 320 g/mol. The second-order valence-corrected chi connectivity index (χ2v) is 5.83. The maximum atomic E-state index is 12.3. The number of ether oxygens (including phenoxy) is 2. The first-order valence-electron chi connectivity index (χ1n) is 8.36. The summed E-state index contributed by atoms with van der Waals surface area (Å²) in [6.45, 7) is 6.20. The Bertz CT molecular complexity index is 526. The maximum absolute atomic E-state index is 12.3. The fourth-order valence-electron chi connectivity index (χ4n) is 3.00. The summed E-state index contributed by atoms with van der Waals surface area (Å²) < 4.78 is 11.0. The molecule has 2 aliphatic rings. The second-order valence-electron chi connectivity index (χ2n) is 5.83. The average Bonchev–Trinajstić information content (AvgIpc) is 3.08. The Morgan fingerprint density at radius 1 is 1.39 bits per heavy atom. The molecule has 3 rings (SSSR count). The van der Waals surface area contributed by atoms with Crippen LogP contribution < -0.4 is 9.64 Å². The van der Waals surface area contributed by atoms with Crippen LogP contribution in [-0.2, 0) is 9.53 Å². The molecule has 0 spiro atoms. The van der Waals surface area contributed by atoms with Gasteiger partial charge in [-0.3, -0.25) is 4.79 Å². The molecule has 2 aliphatic heterocycles. The van der Waals surface area contributed by atoms with Crippen molar-refractivity contribution >= 4 is 11.9 Å². The third-order valence-electron chi connectivity index (χ3n) is 4.25. The van der Waals surface area contributed by atoms with E-state index in [1.165, 1.54) is 0 Å². The summed E-state index contributed by atoms with van der Waals surface area (Å²) in [6, 6.07) is 1.76. The molecule has 1 aromatic heterocycles. The Labute approximate surface area is 136 Å². The van der Waals surface area contributed by atoms with Gasteiger partial charge in [0.15, 0.2) is 0 Å². The highest BCUT2D eigenvalue weighted by Crippen LogP contribution is 2.18. The number of carbonyl (C=O) groups excluding carboxylic acids is 1. The molecular formula is C16H24N4O3. The highest BCUT2D eigenvalue weighted by molar-refractivity contribution is 5.77. The molecule has 1 amide bonds. The van der Waals surface area contributed by atoms with Gasteiger partial charge in [-0.1, -0.05) is 0 Å². The molecule has 126 valence electrons. The molecule has 0 N–H and O–H groups in total. The predicted molar refractivity (Wildman–Crippen MR) is 85.6 cm³/mol. The van der Waals surface area contributed by atoms with Crippen LogP contribution in [0, 0.1) is 0 Å². The van der Waals surface area contributed by atoms with Crippen LogP contribution in [0.15, 0.2) is 12.3 Å². The summed E-state index contributed by atoms with van der Waals surface area (Å²) in [6.07, 6.45) is 4.41. The number of nitrogens with zero attached hydrogens (tertiary/aromatic N) is 4. The lowest BCUT2D eigenvalue weighted by molar-refractivity contribution is -0.133. The van der Waals surface area contributed by atoms with E-state index in [0.29, 0.717) is 37.9 Å². The molecule has 1 aromatic rings. The van der Waals surface area contributed by atoms with E-state index in [-0.39, 0.29) is 12.0 Å². The Morgan fingerprint density at radius 2 is 2.22 bits per heavy atom. The van der Waals surface area contributed by atoms with E-state index in [9.17, 15) is 4.79 Å². The molecule has 2 saturated heterocycles. The van der Waals surface area contributed by atoms with Crippen molar-refractivity contribution in [3.63, 3.8) is 0 Å². The van der Waals surface area contributed by atoms with Crippen LogP contribution in [0.2, 0.25) is 0 Å². The molecule has 1 atom stereocenters. The zero-order chi connectivity index (χ0) is 16.1. The Balaban J connectivity index is 1.51. The van der Waals surface area contributed by atoms with Crippen LogP contribution in [0.5, 0.6) is 5.88 Å². The van der Waals surface area contributed by atoms with E-state index < -0.39 is 0 Å². The molecule has 0 radical (unpaired) electrons. The van der Waals surface area contributed by atoms with Crippen molar-refractivity contribution in [2.75, 3.05) is 44.3 Å². The third kappa shape index (κ3) is 4.10. The lowest BCUT2D eigenvalue weighted by atomic mass is 10.1. The van der Waals surface area contributed by atoms with Gasteiger partial charge in [0.25, 0.3) is 0 Å². The van der Waals surface area contributed by atoms with Crippen LogP contribution >= 0.6 is 0 Å². The van der Waals surface area contributed by atoms with Crippen molar-refractivity contribution in [3.8, 4) is 5.88 Å². The number of anilines is 1. The van der Waals surface area contributed by atoms with Gasteiger partial charge in [-0.05, 0) is 19.8 Å². The summed E-state index contributed by atoms with van der Waals surface area (Å²) in [5.74, 6) is 1.46. The highest BCUT2D eigenvalue weighted by atomic mass is 16.5. The lowest BCUT2D eigenvalue weighted by Crippen LogP contribution is -2.49. The highest BCUT2D eigenvalue weighted by Gasteiger charge is 2.26. The number of hydrogen-bond donors (Lipinski definition) is 0. The Morgan fingerprint density at radius 3 is 2.91 bits per heavy atom. The third-order valence-corrected chi connectivity index (χ3v) is 4.25. The summed E-state index contributed by atoms with van der Waals surface area (Å²) >= 11 is 0. The molecule has 7 nitrogen and oxygen atoms in total. The van der Waals surface area contributed by atoms with Gasteiger partial charge < -0.3 is 19.3 Å². The van der Waals surface area contributed by atoms with Crippen molar-refractivity contribution in [2.24, 2.45) is 0 Å². The molecule has 0 saturated carbocycles. The maximum Gasteiger partial charge on any atom is 0.228 e. The molecule has 1 unspecified atom stereocenters. The molecular weight excluding hydrogens is 296 g/mol. The molecule has 7 heteroatoms. The van der Waals surface area contributed by atoms with Gasteiger partial charge in [0.1, 0.15) is 0 Å². The first kappa shape index (κ1) is 16.0. The van der Waals surface area contributed by atoms with E-state index in [2.05, 4.69) is 14.9 Å². The standard InChI is InChI=1S/C16H24N4O3/c1-2-22-14-5-6-17-16(18-14)20-9-7-19(8-10-20)15(21)12-13-4-3-11-23-13/h5-6,13H,2-4,7-12H2,1H3. The Kier molecular flexibility index (Phi) is 5.27. The van der Waals surface area contributed by atoms with Gasteiger partial charge in [-0.25, -0.2) is 4.98 Å². The number of rotatable bonds is 5. The van der Waals surface area contributed by atoms with Gasteiger partial charge in [0.05, 0.1) is 19.1 Å². The molecule has 3 heterocycles. The summed E-state index contributed by atoms with van der Waals surface area (Å²) in [5.41, 5.74) is 0. The van der Waals surface area contributed by atoms with E-state index in [4.69, 9.17) is 9.47 Å². The topological polar surface area (TPSA) is 67.8 Å². The van der Waals surface area contributed by atoms with Crippen LogP contribution in [-0.4, -0.2) is 66.3 Å². The molecule has 2 fully saturated rings. The van der Waals surface area contributed by atoms with Crippen LogP contribution in [0.3, 0.4) is 0 Å². The van der Waals surface area contributed by atoms with Crippen LogP contribution in [0.25, 0.3) is 0 Å². The number of aromatic nitrogens is 2. The minimum atomic E-state index is 0.117. The number of hydrogen-bond acceptors (Lipinski definition) is 6. The quantitative estimate of drug-likeness (QED) is 0.809. The normalized spacial score (nSPS) is 21.5. The van der Waals surface area contributed by atoms with Gasteiger partial charge >= 0.3 is 0 Å². The van der Waals surface area contributed by atoms with Gasteiger partial charge in [0, 0.05) is 45.0 Å². The van der Waals surface area contributed by atoms with Crippen molar-refractivity contribution < 1.29 is 14.3 Å². The van der Waals surface area contributed by atoms with E-state index in [1.54, 1.807) is 12.3 Å². The van der Waals surface area contributed by atoms with Crippen molar-refractivity contribution in [1.82, 2.24) is 14.9 Å². The zero-order valence-corrected chi connectivity index (χ0v) is 13.6. The largest absolute Gasteiger partial charge is 0.478 e. The van der Waals surface area contributed by atoms with Gasteiger partial charge in [-0.2, -0.15) is 4.98 Å². The minimum absolute atomic E-state index is 0.117. The van der Waals surface area contributed by atoms with Crippen molar-refractivity contribution in [2.45, 2.75) is 32.3 Å². The van der Waals surface area contributed by atoms with Crippen molar-refractivity contribution in [3.05, 3.63) is 12.3 Å². The zero-order valence-electron chi connectivity index (χ0n) is 13.6. The van der Waals surface area contributed by atoms with Gasteiger partial charge in [0.2, 0.25) is 17.7 Å². The first-order valence-corrected chi connectivity index (χ1v) is 8.36. The molecule has 0 bridgehead atoms. The van der Waals surface area contributed by atoms with Crippen LogP contribution in [0.1, 0.15) is 26.2 Å². The second kappa shape index (κ2) is 7.59. The fraction of sp³-hybridized carbons (Fsp3) is 0.688. The minimum Gasteiger partial charge on any atom is -0.478 e. The molecule has 0 aromatic carbocycles. The summed E-state index contributed by atoms with van der Waals surface area (Å²) in [7, 11) is 0. The lowest BCUT2D eigenvalue weighted by Gasteiger charge is -2.35. The van der Waals surface area contributed by atoms with Crippen LogP contribution in [0.4, 0.5) is 5.95 Å². The van der Waals surface area contributed by atoms with Crippen molar-refractivity contribution in [1.29, 1.82) is 0 Å². The predicted octanol–water partition coefficient (Wildman–Crippen LogP) is 1.09. The summed E-state index contributed by atoms with van der Waals surface area (Å²) in [5, 5.41) is 0. The summed E-state index contributed by atoms with van der Waals surface area (Å²) in [4.78, 5) is 25.0.